The Labute approximate surface area is 117 Å². The van der Waals surface area contributed by atoms with Gasteiger partial charge in [0.1, 0.15) is 0 Å². The Morgan fingerprint density at radius 1 is 1.21 bits per heavy atom. The Kier molecular flexibility index (Phi) is 3.60. The van der Waals surface area contributed by atoms with E-state index in [1.165, 1.54) is 38.5 Å². The van der Waals surface area contributed by atoms with Gasteiger partial charge in [-0.15, -0.1) is 0 Å². The molecule has 0 saturated heterocycles. The van der Waals surface area contributed by atoms with Gasteiger partial charge in [-0.1, -0.05) is 13.3 Å². The van der Waals surface area contributed by atoms with Crippen LogP contribution in [0.4, 0.5) is 0 Å². The fraction of sp³-hybridized carbons (Fsp3) is 0.941. The van der Waals surface area contributed by atoms with Gasteiger partial charge < -0.3 is 5.11 Å². The Bertz CT molecular complexity index is 374. The molecule has 0 spiro atoms. The first-order valence-electron chi connectivity index (χ1n) is 8.19. The summed E-state index contributed by atoms with van der Waals surface area (Å²) in [6.45, 7) is 2.76. The zero-order chi connectivity index (χ0) is 13.5. The summed E-state index contributed by atoms with van der Waals surface area (Å²) in [5.74, 6) is 3.66. The Balaban J connectivity index is 1.73. The van der Waals surface area contributed by atoms with Crippen LogP contribution in [-0.2, 0) is 0 Å². The molecule has 3 saturated carbocycles. The largest absolute Gasteiger partial charge is 0.396 e. The normalized spacial score (nSPS) is 49.2. The van der Waals surface area contributed by atoms with Gasteiger partial charge in [-0.3, -0.25) is 0 Å². The molecule has 0 aromatic rings. The SMILES string of the molecule is C[C@]12CCC3C[C@@H](CCO)CCC3C1CCC2C#N. The number of rotatable bonds is 2. The van der Waals surface area contributed by atoms with Crippen LogP contribution in [-0.4, -0.2) is 11.7 Å². The minimum atomic E-state index is 0.314. The number of aliphatic hydroxyl groups is 1. The highest BCUT2D eigenvalue weighted by Crippen LogP contribution is 2.61. The Morgan fingerprint density at radius 2 is 2.05 bits per heavy atom. The molecule has 3 fully saturated rings. The molecule has 0 aromatic carbocycles. The zero-order valence-corrected chi connectivity index (χ0v) is 12.1. The summed E-state index contributed by atoms with van der Waals surface area (Å²) in [7, 11) is 0. The number of nitrogens with zero attached hydrogens (tertiary/aromatic N) is 1. The van der Waals surface area contributed by atoms with Gasteiger partial charge in [-0.2, -0.15) is 5.26 Å². The van der Waals surface area contributed by atoms with Crippen molar-refractivity contribution in [2.45, 2.75) is 58.3 Å². The van der Waals surface area contributed by atoms with E-state index in [0.29, 0.717) is 17.9 Å². The molecular formula is C17H27NO. The van der Waals surface area contributed by atoms with Crippen LogP contribution >= 0.6 is 0 Å². The van der Waals surface area contributed by atoms with E-state index < -0.39 is 0 Å². The van der Waals surface area contributed by atoms with Gasteiger partial charge in [0.05, 0.1) is 12.0 Å². The first-order chi connectivity index (χ1) is 9.19. The first-order valence-corrected chi connectivity index (χ1v) is 8.19. The summed E-state index contributed by atoms with van der Waals surface area (Å²) in [5, 5.41) is 18.5. The fourth-order valence-electron chi connectivity index (χ4n) is 5.73. The van der Waals surface area contributed by atoms with E-state index in [2.05, 4.69) is 13.0 Å². The number of hydrogen-bond donors (Lipinski definition) is 1. The van der Waals surface area contributed by atoms with Gasteiger partial charge >= 0.3 is 0 Å². The van der Waals surface area contributed by atoms with Gasteiger partial charge in [-0.05, 0) is 74.0 Å². The topological polar surface area (TPSA) is 44.0 Å². The maximum absolute atomic E-state index is 9.40. The quantitative estimate of drug-likeness (QED) is 0.822. The molecule has 3 rings (SSSR count). The molecular weight excluding hydrogens is 234 g/mol. The summed E-state index contributed by atoms with van der Waals surface area (Å²) in [6, 6.07) is 2.60. The predicted octanol–water partition coefficient (Wildman–Crippen LogP) is 3.75. The van der Waals surface area contributed by atoms with Crippen molar-refractivity contribution >= 4 is 0 Å². The van der Waals surface area contributed by atoms with Crippen LogP contribution in [0.2, 0.25) is 0 Å². The Hall–Kier alpha value is -0.550. The third-order valence-electron chi connectivity index (χ3n) is 6.82. The van der Waals surface area contributed by atoms with Gasteiger partial charge in [0.2, 0.25) is 0 Å². The lowest BCUT2D eigenvalue weighted by Crippen LogP contribution is -2.43. The van der Waals surface area contributed by atoms with Crippen molar-refractivity contribution in [2.24, 2.45) is 35.0 Å². The summed E-state index contributed by atoms with van der Waals surface area (Å²) in [6.07, 6.45) is 10.0. The summed E-state index contributed by atoms with van der Waals surface area (Å²) >= 11 is 0. The lowest BCUT2D eigenvalue weighted by Gasteiger charge is -2.51. The van der Waals surface area contributed by atoms with Crippen molar-refractivity contribution in [1.82, 2.24) is 0 Å². The van der Waals surface area contributed by atoms with E-state index in [1.807, 2.05) is 0 Å². The second-order valence-electron chi connectivity index (χ2n) is 7.53. The van der Waals surface area contributed by atoms with E-state index in [1.54, 1.807) is 0 Å². The second kappa shape index (κ2) is 5.09. The van der Waals surface area contributed by atoms with Crippen molar-refractivity contribution in [3.8, 4) is 6.07 Å². The van der Waals surface area contributed by atoms with E-state index in [4.69, 9.17) is 5.11 Å². The number of nitriles is 1. The molecule has 3 aliphatic rings. The smallest absolute Gasteiger partial charge is 0.0661 e. The molecule has 4 unspecified atom stereocenters. The van der Waals surface area contributed by atoms with E-state index in [9.17, 15) is 5.26 Å². The monoisotopic (exact) mass is 261 g/mol. The van der Waals surface area contributed by atoms with E-state index in [-0.39, 0.29) is 0 Å². The molecule has 2 nitrogen and oxygen atoms in total. The maximum atomic E-state index is 9.40. The number of aliphatic hydroxyl groups excluding tert-OH is 1. The standard InChI is InChI=1S/C17H27NO/c1-17-8-6-13-10-12(7-9-19)2-4-15(13)16(17)5-3-14(17)11-18/h12-16,19H,2-10H2,1H3/t12-,13?,14?,15?,16?,17-/m1/s1. The van der Waals surface area contributed by atoms with Crippen molar-refractivity contribution in [3.63, 3.8) is 0 Å². The lowest BCUT2D eigenvalue weighted by atomic mass is 9.54. The van der Waals surface area contributed by atoms with Crippen LogP contribution < -0.4 is 0 Å². The third kappa shape index (κ3) is 2.11. The molecule has 0 aliphatic heterocycles. The van der Waals surface area contributed by atoms with Gasteiger partial charge in [0.15, 0.2) is 0 Å². The molecule has 106 valence electrons. The number of fused-ring (bicyclic) bond motifs is 3. The molecule has 19 heavy (non-hydrogen) atoms. The first kappa shape index (κ1) is 13.4. The average molecular weight is 261 g/mol. The molecule has 1 N–H and O–H groups in total. The summed E-state index contributed by atoms with van der Waals surface area (Å²) in [4.78, 5) is 0. The van der Waals surface area contributed by atoms with Crippen LogP contribution in [0.15, 0.2) is 0 Å². The summed E-state index contributed by atoms with van der Waals surface area (Å²) < 4.78 is 0. The van der Waals surface area contributed by atoms with Crippen LogP contribution in [0.3, 0.4) is 0 Å². The number of hydrogen-bond acceptors (Lipinski definition) is 2. The second-order valence-corrected chi connectivity index (χ2v) is 7.53. The van der Waals surface area contributed by atoms with Crippen molar-refractivity contribution in [1.29, 1.82) is 5.26 Å². The highest BCUT2D eigenvalue weighted by Gasteiger charge is 2.54. The van der Waals surface area contributed by atoms with Gasteiger partial charge in [0, 0.05) is 6.61 Å². The zero-order valence-electron chi connectivity index (χ0n) is 12.1. The summed E-state index contributed by atoms with van der Waals surface area (Å²) in [5.41, 5.74) is 0.319. The molecule has 0 amide bonds. The molecule has 0 radical (unpaired) electrons. The van der Waals surface area contributed by atoms with Crippen LogP contribution in [0, 0.1) is 46.3 Å². The fourth-order valence-corrected chi connectivity index (χ4v) is 5.73. The molecule has 2 heteroatoms. The average Bonchev–Trinajstić information content (AvgIpc) is 2.76. The molecule has 0 heterocycles. The Morgan fingerprint density at radius 3 is 2.79 bits per heavy atom. The molecule has 0 bridgehead atoms. The van der Waals surface area contributed by atoms with Crippen LogP contribution in [0.5, 0.6) is 0 Å². The minimum Gasteiger partial charge on any atom is -0.396 e. The van der Waals surface area contributed by atoms with Gasteiger partial charge in [-0.25, -0.2) is 0 Å². The van der Waals surface area contributed by atoms with Gasteiger partial charge in [0.25, 0.3) is 0 Å². The van der Waals surface area contributed by atoms with Crippen LogP contribution in [0.1, 0.15) is 58.3 Å². The molecule has 6 atom stereocenters. The van der Waals surface area contributed by atoms with E-state index >= 15 is 0 Å². The van der Waals surface area contributed by atoms with Crippen molar-refractivity contribution in [2.75, 3.05) is 6.61 Å². The molecule has 0 aromatic heterocycles. The highest BCUT2D eigenvalue weighted by molar-refractivity contribution is 5.09. The van der Waals surface area contributed by atoms with Crippen molar-refractivity contribution in [3.05, 3.63) is 0 Å². The third-order valence-corrected chi connectivity index (χ3v) is 6.82. The predicted molar refractivity (Wildman–Crippen MR) is 75.2 cm³/mol. The lowest BCUT2D eigenvalue weighted by molar-refractivity contribution is -0.0135. The van der Waals surface area contributed by atoms with Crippen LogP contribution in [0.25, 0.3) is 0 Å². The maximum Gasteiger partial charge on any atom is 0.0661 e. The minimum absolute atomic E-state index is 0.314. The van der Waals surface area contributed by atoms with Crippen molar-refractivity contribution < 1.29 is 5.11 Å². The highest BCUT2D eigenvalue weighted by atomic mass is 16.3. The molecule has 3 aliphatic carbocycles. The van der Waals surface area contributed by atoms with E-state index in [0.717, 1.165) is 36.5 Å².